The first-order valence-corrected chi connectivity index (χ1v) is 7.11. The van der Waals surface area contributed by atoms with Crippen LogP contribution in [-0.2, 0) is 0 Å². The molecular formula is C13H7BrCl3NO. The second-order valence-corrected chi connectivity index (χ2v) is 5.79. The van der Waals surface area contributed by atoms with E-state index in [1.807, 2.05) is 0 Å². The Kier molecular flexibility index (Phi) is 4.74. The van der Waals surface area contributed by atoms with E-state index >= 15 is 0 Å². The number of hydrogen-bond acceptors (Lipinski definition) is 1. The van der Waals surface area contributed by atoms with E-state index in [1.54, 1.807) is 36.4 Å². The summed E-state index contributed by atoms with van der Waals surface area (Å²) in [6, 6.07) is 9.85. The van der Waals surface area contributed by atoms with Crippen LogP contribution in [0.5, 0.6) is 0 Å². The molecule has 0 unspecified atom stereocenters. The maximum absolute atomic E-state index is 12.1. The minimum atomic E-state index is -0.313. The predicted molar refractivity (Wildman–Crippen MR) is 83.6 cm³/mol. The summed E-state index contributed by atoms with van der Waals surface area (Å²) in [5, 5.41) is 4.06. The van der Waals surface area contributed by atoms with E-state index in [9.17, 15) is 4.79 Å². The van der Waals surface area contributed by atoms with Crippen molar-refractivity contribution in [3.63, 3.8) is 0 Å². The molecule has 19 heavy (non-hydrogen) atoms. The first-order valence-electron chi connectivity index (χ1n) is 5.19. The lowest BCUT2D eigenvalue weighted by atomic mass is 10.2. The first-order chi connectivity index (χ1) is 8.97. The van der Waals surface area contributed by atoms with Gasteiger partial charge in [-0.25, -0.2) is 0 Å². The summed E-state index contributed by atoms with van der Waals surface area (Å²) < 4.78 is 0.623. The topological polar surface area (TPSA) is 29.1 Å². The molecule has 2 aromatic carbocycles. The number of rotatable bonds is 2. The number of nitrogens with one attached hydrogen (secondary N) is 1. The Balaban J connectivity index is 2.28. The van der Waals surface area contributed by atoms with Crippen LogP contribution in [0.15, 0.2) is 40.9 Å². The van der Waals surface area contributed by atoms with E-state index in [-0.39, 0.29) is 5.91 Å². The molecule has 0 heterocycles. The van der Waals surface area contributed by atoms with Crippen molar-refractivity contribution in [2.24, 2.45) is 0 Å². The highest BCUT2D eigenvalue weighted by Gasteiger charge is 2.11. The maximum Gasteiger partial charge on any atom is 0.255 e. The van der Waals surface area contributed by atoms with Crippen LogP contribution in [0.25, 0.3) is 0 Å². The highest BCUT2D eigenvalue weighted by molar-refractivity contribution is 9.10. The van der Waals surface area contributed by atoms with Crippen molar-refractivity contribution in [3.05, 3.63) is 61.5 Å². The van der Waals surface area contributed by atoms with Crippen molar-refractivity contribution < 1.29 is 4.79 Å². The molecule has 0 saturated carbocycles. The normalized spacial score (nSPS) is 10.3. The van der Waals surface area contributed by atoms with Gasteiger partial charge in [-0.05, 0) is 46.3 Å². The summed E-state index contributed by atoms with van der Waals surface area (Å²) in [5.74, 6) is -0.313. The summed E-state index contributed by atoms with van der Waals surface area (Å²) in [7, 11) is 0. The molecule has 0 fully saturated rings. The minimum Gasteiger partial charge on any atom is -0.321 e. The first kappa shape index (κ1) is 14.7. The third-order valence-electron chi connectivity index (χ3n) is 2.32. The highest BCUT2D eigenvalue weighted by atomic mass is 79.9. The maximum atomic E-state index is 12.1. The van der Waals surface area contributed by atoms with E-state index < -0.39 is 0 Å². The van der Waals surface area contributed by atoms with Gasteiger partial charge in [0, 0.05) is 15.6 Å². The minimum absolute atomic E-state index is 0.313. The molecule has 2 rings (SSSR count). The molecule has 0 aliphatic rings. The standard InChI is InChI=1S/C13H7BrCl3NO/c14-12-10(17)2-1-3-11(12)18-13(19)7-4-8(15)6-9(16)5-7/h1-6H,(H,18,19). The average molecular weight is 379 g/mol. The van der Waals surface area contributed by atoms with Crippen molar-refractivity contribution in [1.82, 2.24) is 0 Å². The quantitative estimate of drug-likeness (QED) is 0.716. The van der Waals surface area contributed by atoms with Gasteiger partial charge in [-0.1, -0.05) is 40.9 Å². The summed E-state index contributed by atoms with van der Waals surface area (Å²) in [5.41, 5.74) is 0.956. The van der Waals surface area contributed by atoms with E-state index in [4.69, 9.17) is 34.8 Å². The fourth-order valence-corrected chi connectivity index (χ4v) is 2.54. The molecule has 0 bridgehead atoms. The van der Waals surface area contributed by atoms with E-state index in [0.717, 1.165) is 0 Å². The molecule has 98 valence electrons. The molecule has 2 aromatic rings. The second kappa shape index (κ2) is 6.14. The lowest BCUT2D eigenvalue weighted by Crippen LogP contribution is -2.12. The van der Waals surface area contributed by atoms with Crippen LogP contribution in [0, 0.1) is 0 Å². The molecule has 0 spiro atoms. The smallest absolute Gasteiger partial charge is 0.255 e. The second-order valence-electron chi connectivity index (χ2n) is 3.71. The van der Waals surface area contributed by atoms with Gasteiger partial charge in [0.15, 0.2) is 0 Å². The van der Waals surface area contributed by atoms with Crippen molar-refractivity contribution >= 4 is 62.3 Å². The number of carbonyl (C=O) groups is 1. The van der Waals surface area contributed by atoms with E-state index in [0.29, 0.717) is 30.8 Å². The zero-order chi connectivity index (χ0) is 14.0. The largest absolute Gasteiger partial charge is 0.321 e. The Morgan fingerprint density at radius 3 is 2.32 bits per heavy atom. The van der Waals surface area contributed by atoms with Crippen LogP contribution in [0.3, 0.4) is 0 Å². The summed E-state index contributed by atoms with van der Waals surface area (Å²) in [4.78, 5) is 12.1. The van der Waals surface area contributed by atoms with Crippen LogP contribution < -0.4 is 5.32 Å². The molecule has 0 aliphatic heterocycles. The molecular weight excluding hydrogens is 372 g/mol. The van der Waals surface area contributed by atoms with Gasteiger partial charge in [-0.15, -0.1) is 0 Å². The van der Waals surface area contributed by atoms with Crippen LogP contribution in [-0.4, -0.2) is 5.91 Å². The summed E-state index contributed by atoms with van der Waals surface area (Å²) in [6.45, 7) is 0. The third kappa shape index (κ3) is 3.63. The van der Waals surface area contributed by atoms with E-state index in [1.165, 1.54) is 0 Å². The number of benzene rings is 2. The predicted octanol–water partition coefficient (Wildman–Crippen LogP) is 5.66. The van der Waals surface area contributed by atoms with Gasteiger partial charge in [-0.2, -0.15) is 0 Å². The zero-order valence-corrected chi connectivity index (χ0v) is 13.2. The molecule has 0 aromatic heterocycles. The lowest BCUT2D eigenvalue weighted by molar-refractivity contribution is 0.102. The number of carbonyl (C=O) groups excluding carboxylic acids is 1. The van der Waals surface area contributed by atoms with Gasteiger partial charge in [0.2, 0.25) is 0 Å². The Bertz CT molecular complexity index is 626. The number of hydrogen-bond donors (Lipinski definition) is 1. The van der Waals surface area contributed by atoms with Crippen LogP contribution >= 0.6 is 50.7 Å². The molecule has 0 saturated heterocycles. The number of halogens is 4. The van der Waals surface area contributed by atoms with Crippen LogP contribution in [0.4, 0.5) is 5.69 Å². The van der Waals surface area contributed by atoms with Gasteiger partial charge < -0.3 is 5.32 Å². The fraction of sp³-hybridized carbons (Fsp3) is 0. The Hall–Kier alpha value is -0.740. The van der Waals surface area contributed by atoms with E-state index in [2.05, 4.69) is 21.2 Å². The number of anilines is 1. The molecule has 1 amide bonds. The Labute approximate surface area is 133 Å². The summed E-state index contributed by atoms with van der Waals surface area (Å²) >= 11 is 21.0. The van der Waals surface area contributed by atoms with Gasteiger partial charge in [0.1, 0.15) is 0 Å². The van der Waals surface area contributed by atoms with Crippen molar-refractivity contribution in [3.8, 4) is 0 Å². The SMILES string of the molecule is O=C(Nc1cccc(Cl)c1Br)c1cc(Cl)cc(Cl)c1. The van der Waals surface area contributed by atoms with Crippen molar-refractivity contribution in [2.45, 2.75) is 0 Å². The van der Waals surface area contributed by atoms with Gasteiger partial charge >= 0.3 is 0 Å². The van der Waals surface area contributed by atoms with Gasteiger partial charge in [-0.3, -0.25) is 4.79 Å². The fourth-order valence-electron chi connectivity index (χ4n) is 1.48. The molecule has 2 nitrogen and oxygen atoms in total. The Morgan fingerprint density at radius 2 is 1.68 bits per heavy atom. The number of amides is 1. The van der Waals surface area contributed by atoms with Crippen molar-refractivity contribution in [2.75, 3.05) is 5.32 Å². The van der Waals surface area contributed by atoms with Crippen LogP contribution in [0.2, 0.25) is 15.1 Å². The molecule has 6 heteroatoms. The molecule has 0 radical (unpaired) electrons. The monoisotopic (exact) mass is 377 g/mol. The zero-order valence-electron chi connectivity index (χ0n) is 9.38. The van der Waals surface area contributed by atoms with Gasteiger partial charge in [0.25, 0.3) is 5.91 Å². The third-order valence-corrected chi connectivity index (χ3v) is 4.16. The summed E-state index contributed by atoms with van der Waals surface area (Å²) in [6.07, 6.45) is 0. The average Bonchev–Trinajstić information content (AvgIpc) is 2.33. The lowest BCUT2D eigenvalue weighted by Gasteiger charge is -2.09. The molecule has 1 N–H and O–H groups in total. The highest BCUT2D eigenvalue weighted by Crippen LogP contribution is 2.30. The van der Waals surface area contributed by atoms with Crippen LogP contribution in [0.1, 0.15) is 10.4 Å². The Morgan fingerprint density at radius 1 is 1.05 bits per heavy atom. The van der Waals surface area contributed by atoms with Gasteiger partial charge in [0.05, 0.1) is 15.2 Å². The van der Waals surface area contributed by atoms with Crippen molar-refractivity contribution in [1.29, 1.82) is 0 Å². The molecule has 0 aliphatic carbocycles. The molecule has 0 atom stereocenters.